The highest BCUT2D eigenvalue weighted by atomic mass is 16.2. The first-order valence-corrected chi connectivity index (χ1v) is 6.46. The van der Waals surface area contributed by atoms with Crippen molar-refractivity contribution in [2.24, 2.45) is 5.73 Å². The zero-order chi connectivity index (χ0) is 13.2. The average Bonchev–Trinajstić information content (AvgIpc) is 2.87. The Morgan fingerprint density at radius 2 is 2.21 bits per heavy atom. The highest BCUT2D eigenvalue weighted by Crippen LogP contribution is 2.20. The number of aromatic nitrogens is 2. The quantitative estimate of drug-likeness (QED) is 0.764. The number of H-pyrrole nitrogens is 1. The summed E-state index contributed by atoms with van der Waals surface area (Å²) >= 11 is 0. The summed E-state index contributed by atoms with van der Waals surface area (Å²) in [7, 11) is 0. The molecule has 0 spiro atoms. The molecule has 19 heavy (non-hydrogen) atoms. The van der Waals surface area contributed by atoms with Gasteiger partial charge in [-0.3, -0.25) is 5.10 Å². The zero-order valence-corrected chi connectivity index (χ0v) is 10.6. The Labute approximate surface area is 111 Å². The number of piperidine rings is 1. The van der Waals surface area contributed by atoms with E-state index < -0.39 is 0 Å². The van der Waals surface area contributed by atoms with Crippen LogP contribution in [0.15, 0.2) is 24.4 Å². The molecule has 0 unspecified atom stereocenters. The van der Waals surface area contributed by atoms with Gasteiger partial charge in [0.1, 0.15) is 0 Å². The van der Waals surface area contributed by atoms with E-state index in [2.05, 4.69) is 21.6 Å². The minimum Gasteiger partial charge on any atom is -0.382 e. The number of amides is 2. The van der Waals surface area contributed by atoms with E-state index in [4.69, 9.17) is 5.73 Å². The predicted octanol–water partition coefficient (Wildman–Crippen LogP) is 1.52. The molecule has 1 aromatic carbocycles. The number of carbonyl (C=O) groups excluding carboxylic acids is 1. The van der Waals surface area contributed by atoms with Crippen LogP contribution in [-0.4, -0.2) is 40.3 Å². The van der Waals surface area contributed by atoms with Gasteiger partial charge in [-0.25, -0.2) is 4.79 Å². The van der Waals surface area contributed by atoms with Crippen LogP contribution in [0.3, 0.4) is 0 Å². The maximum absolute atomic E-state index is 11.1. The summed E-state index contributed by atoms with van der Waals surface area (Å²) in [6.07, 6.45) is 3.66. The minimum atomic E-state index is -0.321. The second-order valence-corrected chi connectivity index (χ2v) is 4.92. The van der Waals surface area contributed by atoms with E-state index in [9.17, 15) is 4.79 Å². The molecule has 1 aromatic heterocycles. The number of benzene rings is 1. The van der Waals surface area contributed by atoms with Gasteiger partial charge in [-0.2, -0.15) is 5.10 Å². The van der Waals surface area contributed by atoms with Crippen LogP contribution in [0.1, 0.15) is 12.8 Å². The first-order valence-electron chi connectivity index (χ1n) is 6.46. The molecule has 0 aliphatic carbocycles. The summed E-state index contributed by atoms with van der Waals surface area (Å²) in [5.41, 5.74) is 7.40. The number of likely N-dealkylation sites (tertiary alicyclic amines) is 1. The van der Waals surface area contributed by atoms with E-state index in [0.29, 0.717) is 6.04 Å². The van der Waals surface area contributed by atoms with Crippen LogP contribution in [0.25, 0.3) is 10.9 Å². The van der Waals surface area contributed by atoms with Gasteiger partial charge in [-0.15, -0.1) is 0 Å². The molecule has 2 amide bonds. The van der Waals surface area contributed by atoms with Gasteiger partial charge in [-0.1, -0.05) is 0 Å². The molecule has 6 nitrogen and oxygen atoms in total. The third-order valence-corrected chi connectivity index (χ3v) is 3.62. The molecular formula is C13H17N5O. The van der Waals surface area contributed by atoms with E-state index >= 15 is 0 Å². The number of anilines is 1. The molecular weight excluding hydrogens is 242 g/mol. The third kappa shape index (κ3) is 2.47. The fourth-order valence-corrected chi connectivity index (χ4v) is 2.51. The fourth-order valence-electron chi connectivity index (χ4n) is 2.51. The Balaban J connectivity index is 1.64. The normalized spacial score (nSPS) is 16.7. The lowest BCUT2D eigenvalue weighted by Crippen LogP contribution is -2.44. The molecule has 1 aliphatic heterocycles. The third-order valence-electron chi connectivity index (χ3n) is 3.62. The van der Waals surface area contributed by atoms with Crippen molar-refractivity contribution < 1.29 is 4.79 Å². The molecule has 2 heterocycles. The summed E-state index contributed by atoms with van der Waals surface area (Å²) in [6.45, 7) is 1.45. The maximum Gasteiger partial charge on any atom is 0.314 e. The summed E-state index contributed by atoms with van der Waals surface area (Å²) < 4.78 is 0. The molecule has 0 radical (unpaired) electrons. The number of rotatable bonds is 2. The van der Waals surface area contributed by atoms with E-state index in [1.165, 1.54) is 0 Å². The predicted molar refractivity (Wildman–Crippen MR) is 73.9 cm³/mol. The van der Waals surface area contributed by atoms with Crippen molar-refractivity contribution in [2.45, 2.75) is 18.9 Å². The van der Waals surface area contributed by atoms with Crippen LogP contribution in [0.5, 0.6) is 0 Å². The van der Waals surface area contributed by atoms with Crippen molar-refractivity contribution >= 4 is 22.6 Å². The first-order chi connectivity index (χ1) is 9.22. The summed E-state index contributed by atoms with van der Waals surface area (Å²) in [5, 5.41) is 11.5. The van der Waals surface area contributed by atoms with E-state index in [1.54, 1.807) is 4.90 Å². The number of nitrogens with two attached hydrogens (primary N) is 1. The van der Waals surface area contributed by atoms with Gasteiger partial charge in [0.15, 0.2) is 0 Å². The molecule has 0 saturated carbocycles. The highest BCUT2D eigenvalue weighted by molar-refractivity contribution is 5.81. The monoisotopic (exact) mass is 259 g/mol. The largest absolute Gasteiger partial charge is 0.382 e. The molecule has 6 heteroatoms. The molecule has 0 atom stereocenters. The molecule has 2 aromatic rings. The van der Waals surface area contributed by atoms with Gasteiger partial charge in [0, 0.05) is 30.2 Å². The van der Waals surface area contributed by atoms with E-state index in [1.807, 2.05) is 18.3 Å². The Hall–Kier alpha value is -2.24. The lowest BCUT2D eigenvalue weighted by Gasteiger charge is -2.31. The zero-order valence-electron chi connectivity index (χ0n) is 10.6. The Morgan fingerprint density at radius 1 is 1.42 bits per heavy atom. The second-order valence-electron chi connectivity index (χ2n) is 4.92. The van der Waals surface area contributed by atoms with Crippen molar-refractivity contribution in [3.05, 3.63) is 24.4 Å². The molecule has 0 bridgehead atoms. The van der Waals surface area contributed by atoms with Gasteiger partial charge >= 0.3 is 6.03 Å². The maximum atomic E-state index is 11.1. The minimum absolute atomic E-state index is 0.321. The topological polar surface area (TPSA) is 87.0 Å². The summed E-state index contributed by atoms with van der Waals surface area (Å²) in [4.78, 5) is 12.7. The smallest absolute Gasteiger partial charge is 0.314 e. The molecule has 1 saturated heterocycles. The van der Waals surface area contributed by atoms with Gasteiger partial charge in [0.2, 0.25) is 0 Å². The van der Waals surface area contributed by atoms with Gasteiger partial charge in [0.05, 0.1) is 11.7 Å². The lowest BCUT2D eigenvalue weighted by atomic mass is 10.0. The standard InChI is InChI=1S/C13H17N5O/c14-13(19)18-5-3-10(4-6-18)16-11-1-2-12-9(7-11)8-15-17-12/h1-2,7-8,10,16H,3-6H2,(H2,14,19)(H,15,17). The summed E-state index contributed by atoms with van der Waals surface area (Å²) in [6, 6.07) is 6.21. The molecule has 1 aliphatic rings. The van der Waals surface area contributed by atoms with Crippen LogP contribution >= 0.6 is 0 Å². The van der Waals surface area contributed by atoms with E-state index in [-0.39, 0.29) is 6.03 Å². The lowest BCUT2D eigenvalue weighted by molar-refractivity contribution is 0.193. The van der Waals surface area contributed by atoms with Crippen LogP contribution in [-0.2, 0) is 0 Å². The van der Waals surface area contributed by atoms with Crippen LogP contribution < -0.4 is 11.1 Å². The van der Waals surface area contributed by atoms with E-state index in [0.717, 1.165) is 42.5 Å². The number of urea groups is 1. The Bertz CT molecular complexity index is 585. The van der Waals surface area contributed by atoms with Gasteiger partial charge < -0.3 is 16.0 Å². The number of primary amides is 1. The number of hydrogen-bond acceptors (Lipinski definition) is 3. The highest BCUT2D eigenvalue weighted by Gasteiger charge is 2.20. The SMILES string of the molecule is NC(=O)N1CCC(Nc2ccc3[nH]ncc3c2)CC1. The number of nitrogens with zero attached hydrogens (tertiary/aromatic N) is 2. The van der Waals surface area contributed by atoms with Crippen molar-refractivity contribution in [2.75, 3.05) is 18.4 Å². The summed E-state index contributed by atoms with van der Waals surface area (Å²) in [5.74, 6) is 0. The molecule has 3 rings (SSSR count). The van der Waals surface area contributed by atoms with Crippen molar-refractivity contribution in [1.82, 2.24) is 15.1 Å². The van der Waals surface area contributed by atoms with Gasteiger partial charge in [-0.05, 0) is 31.0 Å². The van der Waals surface area contributed by atoms with Crippen LogP contribution in [0, 0.1) is 0 Å². The van der Waals surface area contributed by atoms with Crippen molar-refractivity contribution in [3.8, 4) is 0 Å². The van der Waals surface area contributed by atoms with Crippen molar-refractivity contribution in [1.29, 1.82) is 0 Å². The first kappa shape index (κ1) is 11.8. The number of hydrogen-bond donors (Lipinski definition) is 3. The average molecular weight is 259 g/mol. The van der Waals surface area contributed by atoms with Crippen LogP contribution in [0.2, 0.25) is 0 Å². The Morgan fingerprint density at radius 3 is 2.95 bits per heavy atom. The van der Waals surface area contributed by atoms with Crippen LogP contribution in [0.4, 0.5) is 10.5 Å². The number of fused-ring (bicyclic) bond motifs is 1. The fraction of sp³-hybridized carbons (Fsp3) is 0.385. The van der Waals surface area contributed by atoms with Crippen molar-refractivity contribution in [3.63, 3.8) is 0 Å². The van der Waals surface area contributed by atoms with Gasteiger partial charge in [0.25, 0.3) is 0 Å². The Kier molecular flexibility index (Phi) is 2.98. The number of aromatic amines is 1. The second kappa shape index (κ2) is 4.79. The molecule has 1 fully saturated rings. The molecule has 4 N–H and O–H groups in total. The number of nitrogens with one attached hydrogen (secondary N) is 2. The number of carbonyl (C=O) groups is 1. The molecule has 100 valence electrons.